The van der Waals surface area contributed by atoms with E-state index in [0.29, 0.717) is 17.8 Å². The van der Waals surface area contributed by atoms with E-state index in [4.69, 9.17) is 4.74 Å². The lowest BCUT2D eigenvalue weighted by atomic mass is 9.41. The number of fused-ring (bicyclic) bond motifs is 5. The van der Waals surface area contributed by atoms with Gasteiger partial charge in [0.1, 0.15) is 12.2 Å². The number of aliphatic hydroxyl groups is 3. The van der Waals surface area contributed by atoms with E-state index >= 15 is 0 Å². The molecular formula is C30H50O4. The molecule has 0 amide bonds. The van der Waals surface area contributed by atoms with Gasteiger partial charge in [-0.05, 0) is 104 Å². The maximum atomic E-state index is 10.9. The third-order valence-corrected chi connectivity index (χ3v) is 12.8. The van der Waals surface area contributed by atoms with Crippen molar-refractivity contribution in [1.29, 1.82) is 0 Å². The number of allylic oxidation sites excluding steroid dienone is 2. The minimum absolute atomic E-state index is 0.0347. The van der Waals surface area contributed by atoms with Crippen molar-refractivity contribution in [3.05, 3.63) is 11.6 Å². The Hall–Kier alpha value is -0.420. The maximum absolute atomic E-state index is 10.9. The average Bonchev–Trinajstić information content (AvgIpc) is 3.15. The first-order valence-electron chi connectivity index (χ1n) is 14.0. The zero-order valence-corrected chi connectivity index (χ0v) is 22.9. The summed E-state index contributed by atoms with van der Waals surface area (Å²) in [5.41, 5.74) is 1.57. The Morgan fingerprint density at radius 2 is 1.59 bits per heavy atom. The van der Waals surface area contributed by atoms with Gasteiger partial charge in [0.15, 0.2) is 0 Å². The monoisotopic (exact) mass is 474 g/mol. The van der Waals surface area contributed by atoms with Crippen LogP contribution in [0.2, 0.25) is 0 Å². The highest BCUT2D eigenvalue weighted by atomic mass is 16.6. The molecule has 4 heteroatoms. The van der Waals surface area contributed by atoms with Crippen LogP contribution in [0, 0.1) is 45.3 Å². The second-order valence-electron chi connectivity index (χ2n) is 14.8. The summed E-state index contributed by atoms with van der Waals surface area (Å²) in [6.07, 6.45) is 8.38. The Morgan fingerprint density at radius 3 is 2.21 bits per heavy atom. The van der Waals surface area contributed by atoms with Crippen molar-refractivity contribution in [2.24, 2.45) is 45.3 Å². The Morgan fingerprint density at radius 1 is 0.912 bits per heavy atom. The standard InChI is InChI=1S/C30H50O4/c1-17(24-23(32)25(33)27(4,5)34-24)18-11-15-30(8)20-9-10-21-26(2,3)22(31)13-14-28(21,6)19(20)12-16-29(18,30)7/h9,17-19,21-25,31-33H,10-16H2,1-8H3/t17-,18+,19+,21+,22-,23?,24?,25?,28-,29+,30-/m1/s1. The molecule has 4 nitrogen and oxygen atoms in total. The SMILES string of the molecule is C[C@@H](C1OC(C)(C)C(O)C1O)[C@@H]1CC[C@]2(C)C3=CC[C@H]4C(C)(C)[C@H](O)CC[C@]4(C)[C@H]3CC[C@@]12C. The lowest BCUT2D eigenvalue weighted by Gasteiger charge is -2.64. The molecule has 3 saturated carbocycles. The van der Waals surface area contributed by atoms with E-state index in [9.17, 15) is 15.3 Å². The smallest absolute Gasteiger partial charge is 0.111 e. The minimum Gasteiger partial charge on any atom is -0.393 e. The van der Waals surface area contributed by atoms with Crippen LogP contribution in [0.5, 0.6) is 0 Å². The predicted octanol–water partition coefficient (Wildman–Crippen LogP) is 5.49. The molecule has 4 fully saturated rings. The fourth-order valence-electron chi connectivity index (χ4n) is 10.3. The van der Waals surface area contributed by atoms with E-state index in [1.54, 1.807) is 5.57 Å². The van der Waals surface area contributed by atoms with Crippen LogP contribution in [0.3, 0.4) is 0 Å². The van der Waals surface area contributed by atoms with Crippen molar-refractivity contribution in [2.75, 3.05) is 0 Å². The van der Waals surface area contributed by atoms with Crippen LogP contribution in [0.4, 0.5) is 0 Å². The summed E-state index contributed by atoms with van der Waals surface area (Å²) in [5, 5.41) is 32.3. The summed E-state index contributed by atoms with van der Waals surface area (Å²) in [6, 6.07) is 0. The van der Waals surface area contributed by atoms with Crippen LogP contribution in [0.25, 0.3) is 0 Å². The van der Waals surface area contributed by atoms with E-state index in [1.807, 2.05) is 13.8 Å². The normalized spacial score (nSPS) is 54.6. The molecule has 0 bridgehead atoms. The Kier molecular flexibility index (Phi) is 5.61. The molecule has 3 N–H and O–H groups in total. The van der Waals surface area contributed by atoms with Gasteiger partial charge in [-0.1, -0.05) is 53.2 Å². The first-order chi connectivity index (χ1) is 15.6. The average molecular weight is 475 g/mol. The van der Waals surface area contributed by atoms with Crippen LogP contribution < -0.4 is 0 Å². The van der Waals surface area contributed by atoms with Gasteiger partial charge < -0.3 is 20.1 Å². The van der Waals surface area contributed by atoms with Gasteiger partial charge in [0.2, 0.25) is 0 Å². The fraction of sp³-hybridized carbons (Fsp3) is 0.933. The summed E-state index contributed by atoms with van der Waals surface area (Å²) in [7, 11) is 0. The van der Waals surface area contributed by atoms with Gasteiger partial charge in [0.05, 0.1) is 17.8 Å². The topological polar surface area (TPSA) is 69.9 Å². The molecular weight excluding hydrogens is 424 g/mol. The largest absolute Gasteiger partial charge is 0.393 e. The van der Waals surface area contributed by atoms with Gasteiger partial charge in [-0.2, -0.15) is 0 Å². The van der Waals surface area contributed by atoms with Crippen molar-refractivity contribution >= 4 is 0 Å². The van der Waals surface area contributed by atoms with E-state index in [2.05, 4.69) is 47.6 Å². The van der Waals surface area contributed by atoms with Crippen LogP contribution in [-0.4, -0.2) is 45.3 Å². The van der Waals surface area contributed by atoms with Crippen molar-refractivity contribution in [3.63, 3.8) is 0 Å². The van der Waals surface area contributed by atoms with Crippen LogP contribution in [0.1, 0.15) is 100 Å². The molecule has 0 radical (unpaired) electrons. The highest BCUT2D eigenvalue weighted by Crippen LogP contribution is 2.73. The third kappa shape index (κ3) is 3.04. The molecule has 34 heavy (non-hydrogen) atoms. The molecule has 0 spiro atoms. The number of hydrogen-bond acceptors (Lipinski definition) is 4. The third-order valence-electron chi connectivity index (χ3n) is 12.8. The number of aliphatic hydroxyl groups excluding tert-OH is 3. The summed E-state index contributed by atoms with van der Waals surface area (Å²) in [6.45, 7) is 18.2. The quantitative estimate of drug-likeness (QED) is 0.463. The molecule has 11 atom stereocenters. The first-order valence-corrected chi connectivity index (χ1v) is 14.0. The summed E-state index contributed by atoms with van der Waals surface area (Å²) < 4.78 is 6.29. The molecule has 4 aliphatic carbocycles. The van der Waals surface area contributed by atoms with Gasteiger partial charge in [0, 0.05) is 0 Å². The second kappa shape index (κ2) is 7.55. The molecule has 1 saturated heterocycles. The number of hydrogen-bond donors (Lipinski definition) is 3. The molecule has 1 heterocycles. The highest BCUT2D eigenvalue weighted by Gasteiger charge is 2.66. The van der Waals surface area contributed by atoms with Crippen molar-refractivity contribution < 1.29 is 20.1 Å². The Bertz CT molecular complexity index is 862. The van der Waals surface area contributed by atoms with Crippen molar-refractivity contribution in [2.45, 2.75) is 130 Å². The fourth-order valence-corrected chi connectivity index (χ4v) is 10.3. The number of ether oxygens (including phenoxy) is 1. The van der Waals surface area contributed by atoms with E-state index in [1.165, 1.54) is 19.3 Å². The van der Waals surface area contributed by atoms with Gasteiger partial charge >= 0.3 is 0 Å². The van der Waals surface area contributed by atoms with Gasteiger partial charge in [-0.25, -0.2) is 0 Å². The zero-order valence-electron chi connectivity index (χ0n) is 22.9. The maximum Gasteiger partial charge on any atom is 0.111 e. The zero-order chi connectivity index (χ0) is 25.1. The molecule has 0 aromatic rings. The molecule has 5 aliphatic rings. The number of rotatable bonds is 2. The molecule has 0 aromatic carbocycles. The first kappa shape index (κ1) is 25.2. The summed E-state index contributed by atoms with van der Waals surface area (Å²) in [4.78, 5) is 0. The van der Waals surface area contributed by atoms with Crippen LogP contribution >= 0.6 is 0 Å². The van der Waals surface area contributed by atoms with Crippen LogP contribution in [-0.2, 0) is 4.74 Å². The lowest BCUT2D eigenvalue weighted by molar-refractivity contribution is -0.135. The molecule has 194 valence electrons. The highest BCUT2D eigenvalue weighted by molar-refractivity contribution is 5.33. The minimum atomic E-state index is -0.834. The molecule has 0 aromatic heterocycles. The lowest BCUT2D eigenvalue weighted by Crippen LogP contribution is -2.58. The van der Waals surface area contributed by atoms with Gasteiger partial charge in [-0.15, -0.1) is 0 Å². The second-order valence-corrected chi connectivity index (χ2v) is 14.8. The van der Waals surface area contributed by atoms with Gasteiger partial charge in [-0.3, -0.25) is 0 Å². The molecule has 5 rings (SSSR count). The van der Waals surface area contributed by atoms with E-state index < -0.39 is 17.8 Å². The van der Waals surface area contributed by atoms with Gasteiger partial charge in [0.25, 0.3) is 0 Å². The Labute approximate surface area is 207 Å². The summed E-state index contributed by atoms with van der Waals surface area (Å²) in [5.74, 6) is 1.81. The van der Waals surface area contributed by atoms with Crippen molar-refractivity contribution in [3.8, 4) is 0 Å². The van der Waals surface area contributed by atoms with Crippen LogP contribution in [0.15, 0.2) is 11.6 Å². The molecule has 1 aliphatic heterocycles. The van der Waals surface area contributed by atoms with E-state index in [0.717, 1.165) is 25.7 Å². The predicted molar refractivity (Wildman–Crippen MR) is 135 cm³/mol. The van der Waals surface area contributed by atoms with Crippen molar-refractivity contribution in [1.82, 2.24) is 0 Å². The summed E-state index contributed by atoms with van der Waals surface area (Å²) >= 11 is 0. The Balaban J connectivity index is 1.46. The molecule has 3 unspecified atom stereocenters. The van der Waals surface area contributed by atoms with E-state index in [-0.39, 0.29) is 39.8 Å².